The fraction of sp³-hybridized carbons (Fsp3) is 0.226. The number of aromatic nitrogens is 2. The average Bonchev–Trinajstić information content (AvgIpc) is 3.42. The molecule has 0 spiro atoms. The van der Waals surface area contributed by atoms with Crippen LogP contribution in [-0.4, -0.2) is 16.5 Å². The van der Waals surface area contributed by atoms with Crippen molar-refractivity contribution in [1.82, 2.24) is 15.3 Å². The molecule has 8 heteroatoms. The summed E-state index contributed by atoms with van der Waals surface area (Å²) < 4.78 is 25.7. The molecule has 0 aliphatic heterocycles. The molecule has 2 heterocycles. The fourth-order valence-electron chi connectivity index (χ4n) is 4.27. The number of para-hydroxylation sites is 1. The van der Waals surface area contributed by atoms with Crippen LogP contribution in [0.5, 0.6) is 11.5 Å². The van der Waals surface area contributed by atoms with Gasteiger partial charge in [-0.15, -0.1) is 0 Å². The molecule has 2 N–H and O–H groups in total. The van der Waals surface area contributed by atoms with Crippen molar-refractivity contribution in [3.05, 3.63) is 95.7 Å². The summed E-state index contributed by atoms with van der Waals surface area (Å²) in [7, 11) is 0. The van der Waals surface area contributed by atoms with Gasteiger partial charge in [0.1, 0.15) is 29.4 Å². The maximum Gasteiger partial charge on any atom is 0.165 e. The highest BCUT2D eigenvalue weighted by atomic mass is 35.5. The molecule has 0 aliphatic carbocycles. The van der Waals surface area contributed by atoms with Crippen molar-refractivity contribution in [2.75, 3.05) is 11.9 Å². The summed E-state index contributed by atoms with van der Waals surface area (Å²) in [5.74, 6) is 2.31. The van der Waals surface area contributed by atoms with E-state index in [1.807, 2.05) is 30.3 Å². The lowest BCUT2D eigenvalue weighted by atomic mass is 10.1. The van der Waals surface area contributed by atoms with Gasteiger partial charge in [0, 0.05) is 16.6 Å². The number of furan rings is 1. The summed E-state index contributed by atoms with van der Waals surface area (Å²) in [6.07, 6.45) is 6.45. The number of unbranched alkanes of at least 4 members (excludes halogenated alkanes) is 3. The van der Waals surface area contributed by atoms with Gasteiger partial charge in [0.15, 0.2) is 11.6 Å². The predicted octanol–water partition coefficient (Wildman–Crippen LogP) is 8.89. The van der Waals surface area contributed by atoms with Gasteiger partial charge in [0.05, 0.1) is 17.1 Å². The maximum absolute atomic E-state index is 14.0. The number of hydrogen-bond acceptors (Lipinski definition) is 6. The van der Waals surface area contributed by atoms with Gasteiger partial charge in [0.2, 0.25) is 0 Å². The Morgan fingerprint density at radius 3 is 2.67 bits per heavy atom. The summed E-state index contributed by atoms with van der Waals surface area (Å²) in [5.41, 5.74) is 2.43. The fourth-order valence-corrected chi connectivity index (χ4v) is 4.49. The number of fused-ring (bicyclic) bond motifs is 1. The van der Waals surface area contributed by atoms with E-state index in [1.165, 1.54) is 38.1 Å². The van der Waals surface area contributed by atoms with Crippen molar-refractivity contribution in [3.8, 4) is 22.8 Å². The normalized spacial score (nSPS) is 11.2. The molecule has 0 radical (unpaired) electrons. The molecule has 0 fully saturated rings. The summed E-state index contributed by atoms with van der Waals surface area (Å²) >= 11 is 6.45. The minimum atomic E-state index is -0.457. The highest BCUT2D eigenvalue weighted by Crippen LogP contribution is 2.35. The van der Waals surface area contributed by atoms with Crippen LogP contribution in [0.2, 0.25) is 5.02 Å². The van der Waals surface area contributed by atoms with Crippen molar-refractivity contribution in [1.29, 1.82) is 0 Å². The van der Waals surface area contributed by atoms with Crippen molar-refractivity contribution in [2.24, 2.45) is 0 Å². The second kappa shape index (κ2) is 12.7. The molecule has 39 heavy (non-hydrogen) atoms. The third-order valence-electron chi connectivity index (χ3n) is 6.34. The van der Waals surface area contributed by atoms with Crippen LogP contribution in [0.25, 0.3) is 22.2 Å². The van der Waals surface area contributed by atoms with Gasteiger partial charge in [0.25, 0.3) is 0 Å². The summed E-state index contributed by atoms with van der Waals surface area (Å²) in [5, 5.41) is 7.95. The van der Waals surface area contributed by atoms with E-state index in [1.54, 1.807) is 36.4 Å². The van der Waals surface area contributed by atoms with Gasteiger partial charge in [-0.1, -0.05) is 49.9 Å². The van der Waals surface area contributed by atoms with Gasteiger partial charge in [-0.05, 0) is 73.6 Å². The number of ether oxygens (including phenoxy) is 1. The van der Waals surface area contributed by atoms with E-state index in [9.17, 15) is 4.39 Å². The Morgan fingerprint density at radius 1 is 0.923 bits per heavy atom. The Labute approximate surface area is 232 Å². The first-order chi connectivity index (χ1) is 19.1. The summed E-state index contributed by atoms with van der Waals surface area (Å²) in [6, 6.07) is 21.3. The van der Waals surface area contributed by atoms with Gasteiger partial charge < -0.3 is 19.8 Å². The lowest BCUT2D eigenvalue weighted by Gasteiger charge is -2.12. The zero-order valence-corrected chi connectivity index (χ0v) is 22.5. The number of anilines is 2. The van der Waals surface area contributed by atoms with Crippen LogP contribution < -0.4 is 15.4 Å². The SMILES string of the molecule is CCCCCCNCc1ccc(-c2ccc3ncnc(Nc4ccc(Oc5ccccc5F)c(Cl)c4)c3c2)o1. The Bertz CT molecular complexity index is 1560. The standard InChI is InChI=1S/C31H30ClFN4O2/c1-2-3-4-7-16-34-19-23-12-15-28(38-23)21-10-13-27-24(17-21)31(36-20-35-27)37-22-11-14-29(25(32)18-22)39-30-9-6-5-8-26(30)33/h5-6,8-15,17-18,20,34H,2-4,7,16,19H2,1H3,(H,35,36,37). The molecule has 0 amide bonds. The van der Waals surface area contributed by atoms with E-state index in [4.69, 9.17) is 20.8 Å². The molecule has 0 saturated heterocycles. The van der Waals surface area contributed by atoms with Crippen molar-refractivity contribution in [2.45, 2.75) is 39.2 Å². The Hall–Kier alpha value is -3.94. The van der Waals surface area contributed by atoms with E-state index in [2.05, 4.69) is 27.5 Å². The van der Waals surface area contributed by atoms with Gasteiger partial charge in [-0.25, -0.2) is 14.4 Å². The number of rotatable bonds is 12. The maximum atomic E-state index is 14.0. The molecule has 0 unspecified atom stereocenters. The zero-order chi connectivity index (χ0) is 27.0. The molecule has 5 aromatic rings. The molecule has 0 atom stereocenters. The third kappa shape index (κ3) is 6.74. The first-order valence-electron chi connectivity index (χ1n) is 13.1. The minimum absolute atomic E-state index is 0.110. The second-order valence-electron chi connectivity index (χ2n) is 9.26. The molecule has 3 aromatic carbocycles. The number of hydrogen-bond donors (Lipinski definition) is 2. The largest absolute Gasteiger partial charge is 0.460 e. The number of nitrogens with one attached hydrogen (secondary N) is 2. The van der Waals surface area contributed by atoms with E-state index >= 15 is 0 Å². The minimum Gasteiger partial charge on any atom is -0.460 e. The van der Waals surface area contributed by atoms with Crippen LogP contribution >= 0.6 is 11.6 Å². The molecular formula is C31H30ClFN4O2. The number of benzene rings is 3. The number of halogens is 2. The topological polar surface area (TPSA) is 72.2 Å². The zero-order valence-electron chi connectivity index (χ0n) is 21.7. The highest BCUT2D eigenvalue weighted by molar-refractivity contribution is 6.32. The summed E-state index contributed by atoms with van der Waals surface area (Å²) in [4.78, 5) is 8.87. The van der Waals surface area contributed by atoms with Crippen molar-refractivity contribution < 1.29 is 13.5 Å². The Morgan fingerprint density at radius 2 is 1.82 bits per heavy atom. The third-order valence-corrected chi connectivity index (χ3v) is 6.63. The molecule has 0 saturated carbocycles. The molecule has 2 aromatic heterocycles. The first-order valence-corrected chi connectivity index (χ1v) is 13.5. The van der Waals surface area contributed by atoms with Gasteiger partial charge in [-0.3, -0.25) is 0 Å². The highest BCUT2D eigenvalue weighted by Gasteiger charge is 2.12. The molecule has 0 bridgehead atoms. The molecule has 6 nitrogen and oxygen atoms in total. The lowest BCUT2D eigenvalue weighted by molar-refractivity contribution is 0.442. The number of nitrogens with zero attached hydrogens (tertiary/aromatic N) is 2. The van der Waals surface area contributed by atoms with Crippen LogP contribution in [-0.2, 0) is 6.54 Å². The van der Waals surface area contributed by atoms with Crippen molar-refractivity contribution >= 4 is 34.0 Å². The van der Waals surface area contributed by atoms with Crippen molar-refractivity contribution in [3.63, 3.8) is 0 Å². The van der Waals surface area contributed by atoms with Crippen LogP contribution in [0.3, 0.4) is 0 Å². The van der Waals surface area contributed by atoms with E-state index in [0.717, 1.165) is 34.5 Å². The summed E-state index contributed by atoms with van der Waals surface area (Å²) in [6.45, 7) is 3.90. The molecular weight excluding hydrogens is 515 g/mol. The smallest absolute Gasteiger partial charge is 0.165 e. The average molecular weight is 545 g/mol. The van der Waals surface area contributed by atoms with Crippen LogP contribution in [0.1, 0.15) is 38.4 Å². The van der Waals surface area contributed by atoms with Crippen LogP contribution in [0.15, 0.2) is 83.5 Å². The van der Waals surface area contributed by atoms with E-state index in [-0.39, 0.29) is 5.75 Å². The Kier molecular flexibility index (Phi) is 8.71. The predicted molar refractivity (Wildman–Crippen MR) is 154 cm³/mol. The molecule has 200 valence electrons. The van der Waals surface area contributed by atoms with Crippen LogP contribution in [0.4, 0.5) is 15.9 Å². The second-order valence-corrected chi connectivity index (χ2v) is 9.67. The monoisotopic (exact) mass is 544 g/mol. The van der Waals surface area contributed by atoms with Gasteiger partial charge in [-0.2, -0.15) is 0 Å². The molecule has 0 aliphatic rings. The lowest BCUT2D eigenvalue weighted by Crippen LogP contribution is -2.14. The van der Waals surface area contributed by atoms with Crippen LogP contribution in [0, 0.1) is 5.82 Å². The molecule has 5 rings (SSSR count). The Balaban J connectivity index is 1.30. The quantitative estimate of drug-likeness (QED) is 0.153. The van der Waals surface area contributed by atoms with E-state index in [0.29, 0.717) is 28.8 Å². The first kappa shape index (κ1) is 26.7. The van der Waals surface area contributed by atoms with E-state index < -0.39 is 5.82 Å². The van der Waals surface area contributed by atoms with Gasteiger partial charge >= 0.3 is 0 Å².